The number of rotatable bonds is 2. The van der Waals surface area contributed by atoms with Crippen LogP contribution in [0.5, 0.6) is 11.5 Å². The molecule has 0 bridgehead atoms. The van der Waals surface area contributed by atoms with Crippen LogP contribution in [0.2, 0.25) is 0 Å². The van der Waals surface area contributed by atoms with Crippen LogP contribution >= 0.6 is 0 Å². The SMILES string of the molecule is CN=CCc1ccc(O)c(O)c1. The van der Waals surface area contributed by atoms with E-state index in [1.165, 1.54) is 12.1 Å². The van der Waals surface area contributed by atoms with Crippen LogP contribution in [0, 0.1) is 0 Å². The fraction of sp³-hybridized carbons (Fsp3) is 0.222. The first kappa shape index (κ1) is 8.59. The third kappa shape index (κ3) is 1.99. The molecule has 0 amide bonds. The first-order valence-corrected chi connectivity index (χ1v) is 3.65. The Morgan fingerprint density at radius 3 is 2.67 bits per heavy atom. The van der Waals surface area contributed by atoms with Gasteiger partial charge in [-0.2, -0.15) is 0 Å². The molecule has 0 radical (unpaired) electrons. The van der Waals surface area contributed by atoms with Crippen LogP contribution in [0.15, 0.2) is 23.2 Å². The average molecular weight is 165 g/mol. The Morgan fingerprint density at radius 1 is 1.33 bits per heavy atom. The highest BCUT2D eigenvalue weighted by atomic mass is 16.3. The molecule has 0 spiro atoms. The summed E-state index contributed by atoms with van der Waals surface area (Å²) >= 11 is 0. The summed E-state index contributed by atoms with van der Waals surface area (Å²) in [5.74, 6) is -0.177. The summed E-state index contributed by atoms with van der Waals surface area (Å²) in [6.07, 6.45) is 2.41. The average Bonchev–Trinajstić information content (AvgIpc) is 2.07. The molecule has 0 fully saturated rings. The smallest absolute Gasteiger partial charge is 0.157 e. The standard InChI is InChI=1S/C9H11NO2/c1-10-5-4-7-2-3-8(11)9(12)6-7/h2-3,5-6,11-12H,4H2,1H3. The summed E-state index contributed by atoms with van der Waals surface area (Å²) in [5.41, 5.74) is 0.927. The van der Waals surface area contributed by atoms with E-state index in [0.717, 1.165) is 5.56 Å². The highest BCUT2D eigenvalue weighted by Crippen LogP contribution is 2.24. The van der Waals surface area contributed by atoms with Crippen LogP contribution in [0.25, 0.3) is 0 Å². The van der Waals surface area contributed by atoms with Crippen molar-refractivity contribution >= 4 is 6.21 Å². The first-order valence-electron chi connectivity index (χ1n) is 3.65. The normalized spacial score (nSPS) is 10.8. The van der Waals surface area contributed by atoms with Crippen molar-refractivity contribution in [2.45, 2.75) is 6.42 Å². The molecule has 0 aliphatic carbocycles. The maximum atomic E-state index is 9.10. The molecule has 0 heterocycles. The van der Waals surface area contributed by atoms with Crippen molar-refractivity contribution in [2.75, 3.05) is 7.05 Å². The predicted octanol–water partition coefficient (Wildman–Crippen LogP) is 1.34. The van der Waals surface area contributed by atoms with Gasteiger partial charge in [-0.05, 0) is 17.7 Å². The van der Waals surface area contributed by atoms with E-state index in [2.05, 4.69) is 4.99 Å². The molecule has 1 aromatic rings. The lowest BCUT2D eigenvalue weighted by Crippen LogP contribution is -1.84. The van der Waals surface area contributed by atoms with Gasteiger partial charge < -0.3 is 15.2 Å². The van der Waals surface area contributed by atoms with Gasteiger partial charge in [0, 0.05) is 19.7 Å². The van der Waals surface area contributed by atoms with Gasteiger partial charge in [0.05, 0.1) is 0 Å². The lowest BCUT2D eigenvalue weighted by molar-refractivity contribution is 0.403. The molecule has 1 rings (SSSR count). The van der Waals surface area contributed by atoms with Crippen LogP contribution < -0.4 is 0 Å². The molecule has 3 heteroatoms. The number of nitrogens with zero attached hydrogens (tertiary/aromatic N) is 1. The van der Waals surface area contributed by atoms with E-state index in [1.807, 2.05) is 0 Å². The van der Waals surface area contributed by atoms with E-state index >= 15 is 0 Å². The highest BCUT2D eigenvalue weighted by molar-refractivity contribution is 5.62. The minimum absolute atomic E-state index is 0.0861. The third-order valence-corrected chi connectivity index (χ3v) is 1.55. The van der Waals surface area contributed by atoms with E-state index in [4.69, 9.17) is 10.2 Å². The van der Waals surface area contributed by atoms with E-state index in [-0.39, 0.29) is 11.5 Å². The number of phenols is 2. The molecule has 0 saturated heterocycles. The molecule has 0 atom stereocenters. The Balaban J connectivity index is 2.82. The molecule has 0 saturated carbocycles. The molecule has 3 nitrogen and oxygen atoms in total. The lowest BCUT2D eigenvalue weighted by Gasteiger charge is -1.99. The molecule has 0 aliphatic heterocycles. The summed E-state index contributed by atoms with van der Waals surface area (Å²) in [5, 5.41) is 18.1. The summed E-state index contributed by atoms with van der Waals surface area (Å²) < 4.78 is 0. The number of aliphatic imine (C=N–C) groups is 1. The lowest BCUT2D eigenvalue weighted by atomic mass is 10.1. The minimum Gasteiger partial charge on any atom is -0.504 e. The van der Waals surface area contributed by atoms with Gasteiger partial charge in [0.1, 0.15) is 0 Å². The van der Waals surface area contributed by atoms with Crippen LogP contribution in [0.1, 0.15) is 5.56 Å². The van der Waals surface area contributed by atoms with Gasteiger partial charge >= 0.3 is 0 Å². The minimum atomic E-state index is -0.0906. The van der Waals surface area contributed by atoms with E-state index in [0.29, 0.717) is 6.42 Å². The van der Waals surface area contributed by atoms with Crippen LogP contribution in [0.3, 0.4) is 0 Å². The maximum Gasteiger partial charge on any atom is 0.157 e. The Bertz CT molecular complexity index is 295. The van der Waals surface area contributed by atoms with Crippen molar-refractivity contribution in [1.82, 2.24) is 0 Å². The fourth-order valence-corrected chi connectivity index (χ4v) is 0.893. The van der Waals surface area contributed by atoms with Gasteiger partial charge in [0.15, 0.2) is 11.5 Å². The predicted molar refractivity (Wildman–Crippen MR) is 47.9 cm³/mol. The number of hydrogen-bond donors (Lipinski definition) is 2. The molecule has 0 aromatic heterocycles. The third-order valence-electron chi connectivity index (χ3n) is 1.55. The first-order chi connectivity index (χ1) is 5.74. The number of benzene rings is 1. The second-order valence-electron chi connectivity index (χ2n) is 2.47. The van der Waals surface area contributed by atoms with E-state index < -0.39 is 0 Å². The molecule has 2 N–H and O–H groups in total. The van der Waals surface area contributed by atoms with Crippen LogP contribution in [0.4, 0.5) is 0 Å². The van der Waals surface area contributed by atoms with Gasteiger partial charge in [-0.25, -0.2) is 0 Å². The van der Waals surface area contributed by atoms with Crippen LogP contribution in [-0.4, -0.2) is 23.5 Å². The van der Waals surface area contributed by atoms with Gasteiger partial charge in [-0.15, -0.1) is 0 Å². The fourth-order valence-electron chi connectivity index (χ4n) is 0.893. The van der Waals surface area contributed by atoms with Gasteiger partial charge in [-0.1, -0.05) is 6.07 Å². The topological polar surface area (TPSA) is 52.8 Å². The molecular weight excluding hydrogens is 154 g/mol. The van der Waals surface area contributed by atoms with Gasteiger partial charge in [-0.3, -0.25) is 0 Å². The Labute approximate surface area is 71.0 Å². The molecule has 12 heavy (non-hydrogen) atoms. The second kappa shape index (κ2) is 3.76. The summed E-state index contributed by atoms with van der Waals surface area (Å²) in [6, 6.07) is 4.74. The van der Waals surface area contributed by atoms with Crippen molar-refractivity contribution in [3.05, 3.63) is 23.8 Å². The molecular formula is C9H11NO2. The molecule has 1 aromatic carbocycles. The summed E-state index contributed by atoms with van der Waals surface area (Å²) in [7, 11) is 1.69. The Morgan fingerprint density at radius 2 is 2.08 bits per heavy atom. The zero-order chi connectivity index (χ0) is 8.97. The maximum absolute atomic E-state index is 9.10. The molecule has 0 aliphatic rings. The van der Waals surface area contributed by atoms with Crippen molar-refractivity contribution in [2.24, 2.45) is 4.99 Å². The zero-order valence-electron chi connectivity index (χ0n) is 6.86. The molecule has 64 valence electrons. The van der Waals surface area contributed by atoms with Gasteiger partial charge in [0.25, 0.3) is 0 Å². The summed E-state index contributed by atoms with van der Waals surface area (Å²) in [6.45, 7) is 0. The quantitative estimate of drug-likeness (QED) is 0.513. The van der Waals surface area contributed by atoms with Crippen LogP contribution in [-0.2, 0) is 6.42 Å². The largest absolute Gasteiger partial charge is 0.504 e. The van der Waals surface area contributed by atoms with Crippen molar-refractivity contribution in [3.8, 4) is 11.5 Å². The van der Waals surface area contributed by atoms with Crippen molar-refractivity contribution < 1.29 is 10.2 Å². The zero-order valence-corrected chi connectivity index (χ0v) is 6.86. The number of hydrogen-bond acceptors (Lipinski definition) is 3. The summed E-state index contributed by atoms with van der Waals surface area (Å²) in [4.78, 5) is 3.81. The number of aromatic hydroxyl groups is 2. The second-order valence-corrected chi connectivity index (χ2v) is 2.47. The number of phenolic OH excluding ortho intramolecular Hbond substituents is 2. The molecule has 0 unspecified atom stereocenters. The Hall–Kier alpha value is -1.51. The van der Waals surface area contributed by atoms with E-state index in [1.54, 1.807) is 19.3 Å². The highest BCUT2D eigenvalue weighted by Gasteiger charge is 1.98. The van der Waals surface area contributed by atoms with Crippen molar-refractivity contribution in [1.29, 1.82) is 0 Å². The Kier molecular flexibility index (Phi) is 2.69. The van der Waals surface area contributed by atoms with Gasteiger partial charge in [0.2, 0.25) is 0 Å². The van der Waals surface area contributed by atoms with Crippen molar-refractivity contribution in [3.63, 3.8) is 0 Å². The van der Waals surface area contributed by atoms with E-state index in [9.17, 15) is 0 Å². The monoisotopic (exact) mass is 165 g/mol.